The lowest BCUT2D eigenvalue weighted by Crippen LogP contribution is -2.17. The third-order valence-corrected chi connectivity index (χ3v) is 5.99. The van der Waals surface area contributed by atoms with Crippen LogP contribution in [0.1, 0.15) is 26.3 Å². The maximum Gasteiger partial charge on any atom is 0.337 e. The Morgan fingerprint density at radius 3 is 2.16 bits per heavy atom. The molecule has 5 rings (SSSR count). The van der Waals surface area contributed by atoms with Crippen molar-refractivity contribution in [3.05, 3.63) is 132 Å². The normalized spacial score (nSPS) is 10.9. The van der Waals surface area contributed by atoms with E-state index in [9.17, 15) is 9.59 Å². The highest BCUT2D eigenvalue weighted by Gasteiger charge is 2.19. The minimum atomic E-state index is -0.396. The van der Waals surface area contributed by atoms with Crippen LogP contribution in [0.5, 0.6) is 0 Å². The highest BCUT2D eigenvalue weighted by molar-refractivity contribution is 5.97. The maximum atomic E-state index is 12.5. The summed E-state index contributed by atoms with van der Waals surface area (Å²) >= 11 is 0. The van der Waals surface area contributed by atoms with Gasteiger partial charge in [-0.05, 0) is 53.6 Å². The summed E-state index contributed by atoms with van der Waals surface area (Å²) < 4.78 is 6.99. The molecule has 2 heterocycles. The maximum absolute atomic E-state index is 12.5. The quantitative estimate of drug-likeness (QED) is 0.175. The lowest BCUT2D eigenvalue weighted by molar-refractivity contribution is 0.0600. The fourth-order valence-corrected chi connectivity index (χ4v) is 4.20. The van der Waals surface area contributed by atoms with E-state index in [4.69, 9.17) is 4.74 Å². The lowest BCUT2D eigenvalue weighted by Gasteiger charge is -2.15. The van der Waals surface area contributed by atoms with Gasteiger partial charge in [-0.2, -0.15) is 5.10 Å². The van der Waals surface area contributed by atoms with Gasteiger partial charge in [0.05, 0.1) is 35.8 Å². The van der Waals surface area contributed by atoms with E-state index < -0.39 is 5.97 Å². The first kappa shape index (κ1) is 24.4. The van der Waals surface area contributed by atoms with Gasteiger partial charge in [-0.15, -0.1) is 0 Å². The van der Waals surface area contributed by atoms with Crippen molar-refractivity contribution in [1.82, 2.24) is 15.0 Å². The van der Waals surface area contributed by atoms with Crippen molar-refractivity contribution in [2.75, 3.05) is 7.11 Å². The molecule has 0 fully saturated rings. The van der Waals surface area contributed by atoms with Gasteiger partial charge in [0.2, 0.25) is 0 Å². The van der Waals surface area contributed by atoms with Gasteiger partial charge in [-0.25, -0.2) is 10.2 Å². The van der Waals surface area contributed by atoms with Crippen LogP contribution >= 0.6 is 0 Å². The zero-order chi connectivity index (χ0) is 26.3. The number of aromatic nitrogens is 2. The molecule has 7 nitrogen and oxygen atoms in total. The Morgan fingerprint density at radius 1 is 0.842 bits per heavy atom. The second-order valence-corrected chi connectivity index (χ2v) is 8.38. The Kier molecular flexibility index (Phi) is 7.18. The van der Waals surface area contributed by atoms with Crippen LogP contribution in [0.3, 0.4) is 0 Å². The highest BCUT2D eigenvalue weighted by atomic mass is 16.5. The fourth-order valence-electron chi connectivity index (χ4n) is 4.20. The molecule has 0 aliphatic rings. The second-order valence-electron chi connectivity index (χ2n) is 8.38. The van der Waals surface area contributed by atoms with E-state index in [2.05, 4.69) is 20.1 Å². The number of pyridine rings is 1. The summed E-state index contributed by atoms with van der Waals surface area (Å²) in [6.07, 6.45) is 4.74. The molecular formula is C31H24N4O3. The molecule has 0 atom stereocenters. The number of hydrogen-bond donors (Lipinski definition) is 1. The van der Waals surface area contributed by atoms with Gasteiger partial charge in [0, 0.05) is 23.6 Å². The van der Waals surface area contributed by atoms with Crippen molar-refractivity contribution < 1.29 is 14.3 Å². The van der Waals surface area contributed by atoms with Crippen LogP contribution in [0.25, 0.3) is 28.2 Å². The minimum Gasteiger partial charge on any atom is -0.465 e. The van der Waals surface area contributed by atoms with Crippen LogP contribution in [-0.4, -0.2) is 34.8 Å². The number of hydrogen-bond acceptors (Lipinski definition) is 5. The van der Waals surface area contributed by atoms with Crippen molar-refractivity contribution in [2.24, 2.45) is 5.10 Å². The third kappa shape index (κ3) is 5.12. The summed E-state index contributed by atoms with van der Waals surface area (Å²) in [5.74, 6) is -0.746. The number of hydrazone groups is 1. The van der Waals surface area contributed by atoms with Crippen LogP contribution in [-0.2, 0) is 4.74 Å². The van der Waals surface area contributed by atoms with Gasteiger partial charge in [-0.3, -0.25) is 9.78 Å². The van der Waals surface area contributed by atoms with Gasteiger partial charge in [0.1, 0.15) is 0 Å². The molecule has 0 unspecified atom stereocenters. The van der Waals surface area contributed by atoms with Crippen LogP contribution < -0.4 is 5.43 Å². The van der Waals surface area contributed by atoms with Crippen molar-refractivity contribution in [3.63, 3.8) is 0 Å². The Balaban J connectivity index is 1.64. The number of rotatable bonds is 7. The molecule has 1 N–H and O–H groups in total. The van der Waals surface area contributed by atoms with E-state index in [0.29, 0.717) is 11.1 Å². The Morgan fingerprint density at radius 2 is 1.53 bits per heavy atom. The number of nitrogens with one attached hydrogen (secondary N) is 1. The number of ether oxygens (including phenoxy) is 1. The Bertz CT molecular complexity index is 1580. The third-order valence-electron chi connectivity index (χ3n) is 5.99. The molecule has 5 aromatic rings. The summed E-state index contributed by atoms with van der Waals surface area (Å²) in [6.45, 7) is 0. The molecule has 1 amide bonds. The fraction of sp³-hybridized carbons (Fsp3) is 0.0323. The highest BCUT2D eigenvalue weighted by Crippen LogP contribution is 2.35. The molecule has 0 saturated heterocycles. The van der Waals surface area contributed by atoms with Crippen molar-refractivity contribution in [1.29, 1.82) is 0 Å². The first-order valence-electron chi connectivity index (χ1n) is 11.9. The lowest BCUT2D eigenvalue weighted by atomic mass is 10.1. The molecule has 0 radical (unpaired) electrons. The van der Waals surface area contributed by atoms with Crippen LogP contribution in [0, 0.1) is 0 Å². The standard InChI is InChI=1S/C31H24N4O3/c1-38-31(37)24-14-16-27(17-15-24)35-28(22-9-4-2-5-10-22)19-26(29(35)23-11-6-3-7-12-23)21-33-34-30(36)25-13-8-18-32-20-25/h2-21H,1H3,(H,34,36)/b33-21+. The van der Waals surface area contributed by atoms with Gasteiger partial charge in [0.25, 0.3) is 5.91 Å². The first-order chi connectivity index (χ1) is 18.7. The first-order valence-corrected chi connectivity index (χ1v) is 11.9. The van der Waals surface area contributed by atoms with Crippen LogP contribution in [0.4, 0.5) is 0 Å². The van der Waals surface area contributed by atoms with Crippen LogP contribution in [0.15, 0.2) is 121 Å². The Labute approximate surface area is 220 Å². The molecule has 0 aliphatic heterocycles. The van der Waals surface area contributed by atoms with Gasteiger partial charge >= 0.3 is 5.97 Å². The smallest absolute Gasteiger partial charge is 0.337 e. The monoisotopic (exact) mass is 500 g/mol. The molecule has 0 bridgehead atoms. The van der Waals surface area contributed by atoms with Crippen molar-refractivity contribution >= 4 is 18.1 Å². The number of esters is 1. The molecule has 0 spiro atoms. The number of benzene rings is 3. The van der Waals surface area contributed by atoms with Gasteiger partial charge in [-0.1, -0.05) is 60.7 Å². The van der Waals surface area contributed by atoms with Crippen molar-refractivity contribution in [2.45, 2.75) is 0 Å². The van der Waals surface area contributed by atoms with Gasteiger partial charge in [0.15, 0.2) is 0 Å². The topological polar surface area (TPSA) is 85.6 Å². The summed E-state index contributed by atoms with van der Waals surface area (Å²) in [5.41, 5.74) is 8.91. The average molecular weight is 501 g/mol. The van der Waals surface area contributed by atoms with E-state index in [0.717, 1.165) is 33.8 Å². The summed E-state index contributed by atoms with van der Waals surface area (Å²) in [7, 11) is 1.36. The second kappa shape index (κ2) is 11.2. The molecule has 7 heteroatoms. The predicted molar refractivity (Wildman–Crippen MR) is 147 cm³/mol. The summed E-state index contributed by atoms with van der Waals surface area (Å²) in [6, 6.07) is 32.6. The predicted octanol–water partition coefficient (Wildman–Crippen LogP) is 5.76. The van der Waals surface area contributed by atoms with E-state index >= 15 is 0 Å². The van der Waals surface area contributed by atoms with E-state index in [1.54, 1.807) is 36.7 Å². The molecule has 3 aromatic carbocycles. The molecule has 0 aliphatic carbocycles. The Hall–Kier alpha value is -5.30. The number of carbonyl (C=O) groups excluding carboxylic acids is 2. The largest absolute Gasteiger partial charge is 0.465 e. The number of carbonyl (C=O) groups is 2. The van der Waals surface area contributed by atoms with Crippen molar-refractivity contribution in [3.8, 4) is 28.2 Å². The minimum absolute atomic E-state index is 0.350. The number of methoxy groups -OCH3 is 1. The zero-order valence-electron chi connectivity index (χ0n) is 20.6. The van der Waals surface area contributed by atoms with E-state index in [1.165, 1.54) is 13.3 Å². The molecule has 38 heavy (non-hydrogen) atoms. The summed E-state index contributed by atoms with van der Waals surface area (Å²) in [4.78, 5) is 28.5. The van der Waals surface area contributed by atoms with Crippen LogP contribution in [0.2, 0.25) is 0 Å². The molecule has 186 valence electrons. The molecular weight excluding hydrogens is 476 g/mol. The van der Waals surface area contributed by atoms with E-state index in [1.807, 2.05) is 78.9 Å². The summed E-state index contributed by atoms with van der Waals surface area (Å²) in [5, 5.41) is 4.27. The zero-order valence-corrected chi connectivity index (χ0v) is 20.6. The molecule has 2 aromatic heterocycles. The van der Waals surface area contributed by atoms with E-state index in [-0.39, 0.29) is 5.91 Å². The van der Waals surface area contributed by atoms with Gasteiger partial charge < -0.3 is 9.30 Å². The average Bonchev–Trinajstić information content (AvgIpc) is 3.37. The number of nitrogens with zero attached hydrogens (tertiary/aromatic N) is 3. The molecule has 0 saturated carbocycles. The SMILES string of the molecule is COC(=O)c1ccc(-n2c(-c3ccccc3)cc(/C=N/NC(=O)c3cccnc3)c2-c2ccccc2)cc1. The number of amides is 1.